The number of amides is 1. The van der Waals surface area contributed by atoms with Crippen molar-refractivity contribution < 1.29 is 14.1 Å². The normalized spacial score (nSPS) is 27.4. The fraction of sp³-hybridized carbons (Fsp3) is 0.643. The van der Waals surface area contributed by atoms with Crippen LogP contribution >= 0.6 is 0 Å². The van der Waals surface area contributed by atoms with E-state index in [1.54, 1.807) is 0 Å². The number of nitrogens with one attached hydrogen (secondary N) is 1. The third-order valence-electron chi connectivity index (χ3n) is 4.66. The molecule has 5 nitrogen and oxygen atoms in total. The second-order valence-electron chi connectivity index (χ2n) is 6.71. The topological polar surface area (TPSA) is 52.5 Å². The highest BCUT2D eigenvalue weighted by molar-refractivity contribution is 6.62. The van der Waals surface area contributed by atoms with Gasteiger partial charge in [0.25, 0.3) is 5.91 Å². The molecule has 3 rings (SSSR count). The Labute approximate surface area is 119 Å². The fourth-order valence-electron chi connectivity index (χ4n) is 2.58. The maximum Gasteiger partial charge on any atom is 0.496 e. The largest absolute Gasteiger partial charge is 0.496 e. The summed E-state index contributed by atoms with van der Waals surface area (Å²) in [7, 11) is -0.418. The van der Waals surface area contributed by atoms with Crippen molar-refractivity contribution in [2.24, 2.45) is 0 Å². The summed E-state index contributed by atoms with van der Waals surface area (Å²) >= 11 is 0. The van der Waals surface area contributed by atoms with E-state index in [1.165, 1.54) is 0 Å². The maximum absolute atomic E-state index is 11.9. The summed E-state index contributed by atoms with van der Waals surface area (Å²) in [6, 6.07) is 2.12. The van der Waals surface area contributed by atoms with E-state index in [1.807, 2.05) is 44.5 Å². The predicted molar refractivity (Wildman–Crippen MR) is 77.2 cm³/mol. The molecule has 0 bridgehead atoms. The molecular weight excluding hydrogens is 255 g/mol. The molecule has 0 saturated carbocycles. The van der Waals surface area contributed by atoms with Crippen LogP contribution < -0.4 is 10.8 Å². The lowest BCUT2D eigenvalue weighted by molar-refractivity contribution is 0.00578. The summed E-state index contributed by atoms with van der Waals surface area (Å²) < 4.78 is 14.1. The fourth-order valence-corrected chi connectivity index (χ4v) is 2.58. The molecule has 20 heavy (non-hydrogen) atoms. The van der Waals surface area contributed by atoms with Crippen LogP contribution in [-0.4, -0.2) is 35.3 Å². The summed E-state index contributed by atoms with van der Waals surface area (Å²) in [6.45, 7) is 10.8. The van der Waals surface area contributed by atoms with E-state index >= 15 is 0 Å². The summed E-state index contributed by atoms with van der Waals surface area (Å²) in [6.07, 6.45) is 1.97. The third-order valence-corrected chi connectivity index (χ3v) is 4.66. The summed E-state index contributed by atoms with van der Waals surface area (Å²) in [5.74, 6) is -0.0362. The first-order chi connectivity index (χ1) is 9.21. The van der Waals surface area contributed by atoms with Gasteiger partial charge in [-0.25, -0.2) is 0 Å². The Bertz CT molecular complexity index is 549. The van der Waals surface area contributed by atoms with Crippen LogP contribution in [0, 0.1) is 0 Å². The highest BCUT2D eigenvalue weighted by Crippen LogP contribution is 2.36. The Morgan fingerprint density at radius 2 is 1.90 bits per heavy atom. The lowest BCUT2D eigenvalue weighted by atomic mass is 9.81. The van der Waals surface area contributed by atoms with Gasteiger partial charge < -0.3 is 19.2 Å². The maximum atomic E-state index is 11.9. The van der Waals surface area contributed by atoms with Gasteiger partial charge in [0.1, 0.15) is 5.69 Å². The van der Waals surface area contributed by atoms with Gasteiger partial charge in [0, 0.05) is 24.2 Å². The number of nitrogens with zero attached hydrogens (tertiary/aromatic N) is 1. The molecule has 1 N–H and O–H groups in total. The molecule has 2 aliphatic heterocycles. The molecule has 0 radical (unpaired) electrons. The smallest absolute Gasteiger partial charge is 0.399 e. The first kappa shape index (κ1) is 13.7. The van der Waals surface area contributed by atoms with Crippen LogP contribution in [0.1, 0.15) is 51.1 Å². The van der Waals surface area contributed by atoms with Crippen molar-refractivity contribution in [1.82, 2.24) is 9.88 Å². The highest BCUT2D eigenvalue weighted by atomic mass is 16.7. The number of carbonyl (C=O) groups is 1. The Balaban J connectivity index is 1.94. The average Bonchev–Trinajstić information content (AvgIpc) is 2.86. The van der Waals surface area contributed by atoms with Gasteiger partial charge in [-0.3, -0.25) is 4.79 Å². The van der Waals surface area contributed by atoms with Crippen molar-refractivity contribution in [3.63, 3.8) is 0 Å². The van der Waals surface area contributed by atoms with Gasteiger partial charge in [-0.05, 0) is 40.7 Å². The van der Waals surface area contributed by atoms with E-state index in [2.05, 4.69) is 12.2 Å². The van der Waals surface area contributed by atoms with E-state index in [4.69, 9.17) is 9.31 Å². The highest BCUT2D eigenvalue weighted by Gasteiger charge is 2.52. The van der Waals surface area contributed by atoms with Crippen molar-refractivity contribution in [2.45, 2.75) is 51.9 Å². The molecule has 6 heteroatoms. The van der Waals surface area contributed by atoms with Crippen LogP contribution in [0.25, 0.3) is 0 Å². The van der Waals surface area contributed by atoms with Gasteiger partial charge in [0.15, 0.2) is 0 Å². The number of fused-ring (bicyclic) bond motifs is 1. The van der Waals surface area contributed by atoms with Crippen molar-refractivity contribution in [3.8, 4) is 0 Å². The van der Waals surface area contributed by atoms with Crippen molar-refractivity contribution in [3.05, 3.63) is 18.0 Å². The average molecular weight is 276 g/mol. The van der Waals surface area contributed by atoms with Crippen LogP contribution in [0.15, 0.2) is 12.3 Å². The molecule has 0 unspecified atom stereocenters. The molecule has 0 spiro atoms. The Morgan fingerprint density at radius 3 is 2.45 bits per heavy atom. The predicted octanol–water partition coefficient (Wildman–Crippen LogP) is 1.09. The lowest BCUT2D eigenvalue weighted by Crippen LogP contribution is -2.41. The number of hydrogen-bond acceptors (Lipinski definition) is 3. The zero-order chi connectivity index (χ0) is 14.7. The van der Waals surface area contributed by atoms with Gasteiger partial charge >= 0.3 is 7.12 Å². The van der Waals surface area contributed by atoms with Gasteiger partial charge in [0.05, 0.1) is 11.2 Å². The monoisotopic (exact) mass is 276 g/mol. The van der Waals surface area contributed by atoms with E-state index in [9.17, 15) is 4.79 Å². The van der Waals surface area contributed by atoms with E-state index in [-0.39, 0.29) is 23.2 Å². The molecule has 2 aliphatic rings. The van der Waals surface area contributed by atoms with Crippen molar-refractivity contribution >= 4 is 18.5 Å². The Hall–Kier alpha value is -1.27. The zero-order valence-electron chi connectivity index (χ0n) is 12.7. The molecule has 3 heterocycles. The van der Waals surface area contributed by atoms with Crippen molar-refractivity contribution in [2.75, 3.05) is 6.54 Å². The molecule has 0 aliphatic carbocycles. The van der Waals surface area contributed by atoms with Crippen LogP contribution in [0.4, 0.5) is 0 Å². The van der Waals surface area contributed by atoms with Gasteiger partial charge in [0.2, 0.25) is 0 Å². The third kappa shape index (κ3) is 1.90. The number of aromatic nitrogens is 1. The first-order valence-corrected chi connectivity index (χ1v) is 7.07. The van der Waals surface area contributed by atoms with Crippen LogP contribution in [-0.2, 0) is 9.31 Å². The molecule has 1 fully saturated rings. The van der Waals surface area contributed by atoms with E-state index in [0.717, 1.165) is 5.46 Å². The van der Waals surface area contributed by atoms with Crippen molar-refractivity contribution in [1.29, 1.82) is 0 Å². The molecular formula is C14H21BN2O3. The van der Waals surface area contributed by atoms with Gasteiger partial charge in [-0.2, -0.15) is 0 Å². The lowest BCUT2D eigenvalue weighted by Gasteiger charge is -2.32. The summed E-state index contributed by atoms with van der Waals surface area (Å²) in [5.41, 5.74) is 0.845. The van der Waals surface area contributed by atoms with E-state index < -0.39 is 7.12 Å². The minimum absolute atomic E-state index is 0.0362. The second kappa shape index (κ2) is 4.12. The minimum Gasteiger partial charge on any atom is -0.399 e. The molecule has 1 aromatic rings. The SMILES string of the molecule is C[C@H]1CNC(=O)c2cc(B3OC(C)(C)C(C)(C)O3)cn21. The standard InChI is InChI=1S/C14H21BN2O3/c1-9-7-16-12(18)11-6-10(8-17(9)11)15-19-13(2,3)14(4,5)20-15/h6,8-9H,7H2,1-5H3,(H,16,18)/t9-/m0/s1. The van der Waals surface area contributed by atoms with Gasteiger partial charge in [-0.15, -0.1) is 0 Å². The summed E-state index contributed by atoms with van der Waals surface area (Å²) in [4.78, 5) is 11.9. The molecule has 1 amide bonds. The summed E-state index contributed by atoms with van der Waals surface area (Å²) in [5, 5.41) is 2.88. The molecule has 108 valence electrons. The van der Waals surface area contributed by atoms with Gasteiger partial charge in [-0.1, -0.05) is 0 Å². The molecule has 0 aromatic carbocycles. The molecule has 1 aromatic heterocycles. The first-order valence-electron chi connectivity index (χ1n) is 7.07. The van der Waals surface area contributed by atoms with E-state index in [0.29, 0.717) is 12.2 Å². The Kier molecular flexibility index (Phi) is 2.82. The minimum atomic E-state index is -0.418. The zero-order valence-corrected chi connectivity index (χ0v) is 12.7. The van der Waals surface area contributed by atoms with Crippen LogP contribution in [0.5, 0.6) is 0 Å². The number of rotatable bonds is 1. The van der Waals surface area contributed by atoms with Crippen LogP contribution in [0.2, 0.25) is 0 Å². The molecule has 1 atom stereocenters. The Morgan fingerprint density at radius 1 is 1.30 bits per heavy atom. The van der Waals surface area contributed by atoms with Crippen LogP contribution in [0.3, 0.4) is 0 Å². The number of hydrogen-bond donors (Lipinski definition) is 1. The quantitative estimate of drug-likeness (QED) is 0.781. The second-order valence-corrected chi connectivity index (χ2v) is 6.71. The molecule has 1 saturated heterocycles. The number of carbonyl (C=O) groups excluding carboxylic acids is 1.